The Morgan fingerprint density at radius 2 is 1.38 bits per heavy atom. The summed E-state index contributed by atoms with van der Waals surface area (Å²) in [5, 5.41) is 11.2. The summed E-state index contributed by atoms with van der Waals surface area (Å²) < 4.78 is 11.7. The van der Waals surface area contributed by atoms with Crippen LogP contribution >= 0.6 is 0 Å². The van der Waals surface area contributed by atoms with E-state index in [0.717, 1.165) is 29.7 Å². The number of rotatable bonds is 14. The van der Waals surface area contributed by atoms with Gasteiger partial charge >= 0.3 is 0 Å². The number of hydrogen-bond acceptors (Lipinski definition) is 4. The molecule has 208 valence electrons. The highest BCUT2D eigenvalue weighted by molar-refractivity contribution is 6.09. The highest BCUT2D eigenvalue weighted by atomic mass is 16.5. The molecule has 0 aliphatic rings. The first-order valence-corrected chi connectivity index (χ1v) is 13.6. The summed E-state index contributed by atoms with van der Waals surface area (Å²) >= 11 is 0. The Labute approximate surface area is 235 Å². The molecule has 0 spiro atoms. The molecule has 2 rings (SSSR count). The van der Waals surface area contributed by atoms with E-state index in [4.69, 9.17) is 9.47 Å². The lowest BCUT2D eigenvalue weighted by Gasteiger charge is -2.14. The number of ketones is 1. The summed E-state index contributed by atoms with van der Waals surface area (Å²) in [5.74, 6) is 1.06. The second kappa shape index (κ2) is 16.2. The van der Waals surface area contributed by atoms with Gasteiger partial charge in [0.15, 0.2) is 5.78 Å². The maximum atomic E-state index is 13.1. The molecule has 4 nitrogen and oxygen atoms in total. The Bertz CT molecular complexity index is 1240. The fourth-order valence-electron chi connectivity index (χ4n) is 3.66. The Hall–Kier alpha value is -3.79. The van der Waals surface area contributed by atoms with Gasteiger partial charge in [-0.2, -0.15) is 0 Å². The van der Waals surface area contributed by atoms with E-state index in [1.54, 1.807) is 18.2 Å². The second-order valence-corrected chi connectivity index (χ2v) is 10.5. The Morgan fingerprint density at radius 3 is 2.00 bits per heavy atom. The van der Waals surface area contributed by atoms with Crippen molar-refractivity contribution < 1.29 is 19.4 Å². The van der Waals surface area contributed by atoms with E-state index in [1.165, 1.54) is 22.8 Å². The third-order valence-electron chi connectivity index (χ3n) is 6.03. The van der Waals surface area contributed by atoms with Crippen LogP contribution in [0.5, 0.6) is 17.2 Å². The standard InChI is InChI=1S/C35H44O4/c1-25(2)9-8-10-28(7)11-17-32-34(39-24-22-27(5)6)20-18-31(35(32)37)33(36)19-14-29-12-15-30(16-13-29)38-23-21-26(3)4/h9,11-16,18-22,37H,8,10,17,23-24H2,1-7H3/b19-14+,28-11+. The first-order valence-electron chi connectivity index (χ1n) is 13.6. The number of allylic oxidation sites excluding steroid dienone is 7. The minimum atomic E-state index is -0.266. The highest BCUT2D eigenvalue weighted by Crippen LogP contribution is 2.33. The van der Waals surface area contributed by atoms with Gasteiger partial charge in [-0.25, -0.2) is 0 Å². The van der Waals surface area contributed by atoms with Crippen molar-refractivity contribution in [3.8, 4) is 17.2 Å². The van der Waals surface area contributed by atoms with Gasteiger partial charge in [0.2, 0.25) is 0 Å². The fraction of sp³-hybridized carbons (Fsp3) is 0.343. The topological polar surface area (TPSA) is 55.8 Å². The van der Waals surface area contributed by atoms with Gasteiger partial charge in [0.1, 0.15) is 30.5 Å². The third kappa shape index (κ3) is 11.6. The number of carbonyl (C=O) groups excluding carboxylic acids is 1. The first-order chi connectivity index (χ1) is 18.6. The zero-order chi connectivity index (χ0) is 28.8. The number of hydrogen-bond donors (Lipinski definition) is 1. The van der Waals surface area contributed by atoms with Gasteiger partial charge in [0.05, 0.1) is 5.56 Å². The number of phenols is 1. The average Bonchev–Trinajstić information content (AvgIpc) is 2.87. The molecule has 2 aromatic carbocycles. The van der Waals surface area contributed by atoms with Crippen LogP contribution in [0.15, 0.2) is 89.1 Å². The van der Waals surface area contributed by atoms with Crippen LogP contribution in [0.3, 0.4) is 0 Å². The molecule has 0 bridgehead atoms. The van der Waals surface area contributed by atoms with Crippen LogP contribution < -0.4 is 9.47 Å². The van der Waals surface area contributed by atoms with Crippen molar-refractivity contribution in [3.63, 3.8) is 0 Å². The average molecular weight is 529 g/mol. The van der Waals surface area contributed by atoms with Gasteiger partial charge in [-0.15, -0.1) is 0 Å². The molecule has 0 atom stereocenters. The summed E-state index contributed by atoms with van der Waals surface area (Å²) in [4.78, 5) is 13.1. The molecule has 0 aliphatic heterocycles. The van der Waals surface area contributed by atoms with Crippen molar-refractivity contribution in [3.05, 3.63) is 106 Å². The smallest absolute Gasteiger partial charge is 0.189 e. The molecule has 0 saturated heterocycles. The van der Waals surface area contributed by atoms with Gasteiger partial charge in [0.25, 0.3) is 0 Å². The lowest BCUT2D eigenvalue weighted by atomic mass is 9.99. The SMILES string of the molecule is CC(C)=CCC/C(C)=C/Cc1c(OCC=C(C)C)ccc(C(=O)/C=C/c2ccc(OCC=C(C)C)cc2)c1O. The van der Waals surface area contributed by atoms with E-state index in [1.807, 2.05) is 64.1 Å². The van der Waals surface area contributed by atoms with E-state index >= 15 is 0 Å². The molecule has 0 saturated carbocycles. The number of phenolic OH excluding ortho intramolecular Hbond substituents is 1. The Balaban J connectivity index is 2.23. The van der Waals surface area contributed by atoms with Gasteiger partial charge < -0.3 is 14.6 Å². The van der Waals surface area contributed by atoms with Gasteiger partial charge in [0, 0.05) is 5.56 Å². The summed E-state index contributed by atoms with van der Waals surface area (Å²) in [6.45, 7) is 15.3. The zero-order valence-electron chi connectivity index (χ0n) is 24.6. The summed E-state index contributed by atoms with van der Waals surface area (Å²) in [6, 6.07) is 11.0. The van der Waals surface area contributed by atoms with Crippen molar-refractivity contribution in [2.45, 2.75) is 67.7 Å². The van der Waals surface area contributed by atoms with Gasteiger partial charge in [-0.05, 0) is 116 Å². The van der Waals surface area contributed by atoms with Crippen LogP contribution in [-0.2, 0) is 6.42 Å². The van der Waals surface area contributed by atoms with Crippen LogP contribution in [0.4, 0.5) is 0 Å². The Kier molecular flexibility index (Phi) is 13.1. The molecular weight excluding hydrogens is 484 g/mol. The highest BCUT2D eigenvalue weighted by Gasteiger charge is 2.17. The van der Waals surface area contributed by atoms with Crippen molar-refractivity contribution in [2.24, 2.45) is 0 Å². The van der Waals surface area contributed by atoms with Gasteiger partial charge in [-0.3, -0.25) is 4.79 Å². The minimum absolute atomic E-state index is 0.0317. The molecular formula is C35H44O4. The molecule has 39 heavy (non-hydrogen) atoms. The van der Waals surface area contributed by atoms with Crippen molar-refractivity contribution in [1.82, 2.24) is 0 Å². The molecule has 0 heterocycles. The molecule has 0 aromatic heterocycles. The van der Waals surface area contributed by atoms with Crippen molar-refractivity contribution in [1.29, 1.82) is 0 Å². The minimum Gasteiger partial charge on any atom is -0.507 e. The van der Waals surface area contributed by atoms with Crippen LogP contribution in [-0.4, -0.2) is 24.1 Å². The Morgan fingerprint density at radius 1 is 0.769 bits per heavy atom. The molecule has 0 amide bonds. The predicted molar refractivity (Wildman–Crippen MR) is 164 cm³/mol. The van der Waals surface area contributed by atoms with Gasteiger partial charge in [-0.1, -0.05) is 52.7 Å². The second-order valence-electron chi connectivity index (χ2n) is 10.5. The monoisotopic (exact) mass is 528 g/mol. The van der Waals surface area contributed by atoms with Crippen molar-refractivity contribution in [2.75, 3.05) is 13.2 Å². The lowest BCUT2D eigenvalue weighted by molar-refractivity contribution is 0.104. The van der Waals surface area contributed by atoms with Crippen LogP contribution in [0, 0.1) is 0 Å². The quantitative estimate of drug-likeness (QED) is 0.151. The summed E-state index contributed by atoms with van der Waals surface area (Å²) in [5.41, 5.74) is 6.64. The maximum absolute atomic E-state index is 13.1. The normalized spacial score (nSPS) is 11.2. The van der Waals surface area contributed by atoms with Crippen LogP contribution in [0.25, 0.3) is 6.08 Å². The van der Waals surface area contributed by atoms with E-state index in [-0.39, 0.29) is 17.1 Å². The van der Waals surface area contributed by atoms with E-state index in [2.05, 4.69) is 32.9 Å². The number of carbonyl (C=O) groups is 1. The molecule has 0 radical (unpaired) electrons. The van der Waals surface area contributed by atoms with E-state index < -0.39 is 0 Å². The summed E-state index contributed by atoms with van der Waals surface area (Å²) in [7, 11) is 0. The molecule has 4 heteroatoms. The molecule has 0 fully saturated rings. The zero-order valence-corrected chi connectivity index (χ0v) is 24.6. The maximum Gasteiger partial charge on any atom is 0.189 e. The lowest BCUT2D eigenvalue weighted by Crippen LogP contribution is -2.03. The van der Waals surface area contributed by atoms with Crippen LogP contribution in [0.1, 0.15) is 82.8 Å². The molecule has 1 N–H and O–H groups in total. The van der Waals surface area contributed by atoms with Crippen LogP contribution in [0.2, 0.25) is 0 Å². The van der Waals surface area contributed by atoms with E-state index in [9.17, 15) is 9.90 Å². The molecule has 2 aromatic rings. The van der Waals surface area contributed by atoms with Crippen molar-refractivity contribution >= 4 is 11.9 Å². The number of benzene rings is 2. The molecule has 0 unspecified atom stereocenters. The largest absolute Gasteiger partial charge is 0.507 e. The number of ether oxygens (including phenoxy) is 2. The first kappa shape index (κ1) is 31.4. The summed E-state index contributed by atoms with van der Waals surface area (Å²) in [6.07, 6.45) is 14.0. The fourth-order valence-corrected chi connectivity index (χ4v) is 3.66. The number of aromatic hydroxyl groups is 1. The van der Waals surface area contributed by atoms with E-state index in [0.29, 0.717) is 30.9 Å². The molecule has 0 aliphatic carbocycles. The predicted octanol–water partition coefficient (Wildman–Crippen LogP) is 9.21. The third-order valence-corrected chi connectivity index (χ3v) is 6.03.